The summed E-state index contributed by atoms with van der Waals surface area (Å²) in [5.41, 5.74) is 6.36. The summed E-state index contributed by atoms with van der Waals surface area (Å²) in [5, 5.41) is 5.29. The van der Waals surface area contributed by atoms with Gasteiger partial charge in [-0.2, -0.15) is 0 Å². The molecule has 0 unspecified atom stereocenters. The van der Waals surface area contributed by atoms with Gasteiger partial charge in [0.05, 0.1) is 18.5 Å². The smallest absolute Gasteiger partial charge is 0.310 e. The first-order valence-electron chi connectivity index (χ1n) is 11.2. The van der Waals surface area contributed by atoms with Crippen LogP contribution >= 0.6 is 11.6 Å². The van der Waals surface area contributed by atoms with Crippen LogP contribution in [0.5, 0.6) is 0 Å². The molecule has 1 aromatic heterocycles. The van der Waals surface area contributed by atoms with E-state index in [1.165, 1.54) is 5.56 Å². The third-order valence-corrected chi connectivity index (χ3v) is 5.79. The standard InChI is InChI=1S/C28H27ClN2O2/c1-2-33-28(32)17-22-7-3-4-8-23(22)19-30-26-9-5-6-20(16-26)10-14-25-15-12-21-11-13-24(29)18-27(21)31-25/h3-9,11-13,15-16,18,30H,2,10,14,17,19H2,1H3. The van der Waals surface area contributed by atoms with E-state index in [9.17, 15) is 4.79 Å². The molecule has 4 aromatic rings. The highest BCUT2D eigenvalue weighted by Gasteiger charge is 2.09. The Labute approximate surface area is 199 Å². The number of ether oxygens (including phenoxy) is 1. The molecule has 0 aliphatic heterocycles. The van der Waals surface area contributed by atoms with E-state index in [2.05, 4.69) is 41.7 Å². The molecule has 0 aliphatic rings. The zero-order valence-electron chi connectivity index (χ0n) is 18.7. The lowest BCUT2D eigenvalue weighted by molar-refractivity contribution is -0.142. The maximum absolute atomic E-state index is 11.9. The van der Waals surface area contributed by atoms with Crippen LogP contribution in [0.4, 0.5) is 5.69 Å². The molecular formula is C28H27ClN2O2. The molecule has 0 atom stereocenters. The van der Waals surface area contributed by atoms with E-state index in [-0.39, 0.29) is 12.4 Å². The van der Waals surface area contributed by atoms with Gasteiger partial charge in [-0.25, -0.2) is 0 Å². The normalized spacial score (nSPS) is 10.8. The van der Waals surface area contributed by atoms with Crippen molar-refractivity contribution >= 4 is 34.2 Å². The minimum absolute atomic E-state index is 0.198. The van der Waals surface area contributed by atoms with Crippen molar-refractivity contribution in [2.75, 3.05) is 11.9 Å². The van der Waals surface area contributed by atoms with E-state index in [4.69, 9.17) is 21.3 Å². The Morgan fingerprint density at radius 2 is 1.76 bits per heavy atom. The fourth-order valence-electron chi connectivity index (χ4n) is 3.85. The number of nitrogens with zero attached hydrogens (tertiary/aromatic N) is 1. The maximum atomic E-state index is 11.9. The third-order valence-electron chi connectivity index (χ3n) is 5.55. The molecule has 0 fully saturated rings. The summed E-state index contributed by atoms with van der Waals surface area (Å²) in [4.78, 5) is 16.7. The van der Waals surface area contributed by atoms with Gasteiger partial charge in [-0.05, 0) is 66.8 Å². The van der Waals surface area contributed by atoms with Gasteiger partial charge in [0.1, 0.15) is 0 Å². The van der Waals surface area contributed by atoms with Gasteiger partial charge in [0, 0.05) is 28.3 Å². The van der Waals surface area contributed by atoms with Crippen molar-refractivity contribution in [1.29, 1.82) is 0 Å². The third kappa shape index (κ3) is 6.33. The Hall–Kier alpha value is -3.37. The number of fused-ring (bicyclic) bond motifs is 1. The lowest BCUT2D eigenvalue weighted by atomic mass is 10.0. The number of anilines is 1. The van der Waals surface area contributed by atoms with Crippen LogP contribution < -0.4 is 5.32 Å². The van der Waals surface area contributed by atoms with Crippen molar-refractivity contribution in [2.45, 2.75) is 32.7 Å². The Bertz CT molecular complexity index is 1260. The quantitative estimate of drug-likeness (QED) is 0.295. The van der Waals surface area contributed by atoms with Crippen LogP contribution in [0.25, 0.3) is 10.9 Å². The Balaban J connectivity index is 1.38. The number of nitrogens with one attached hydrogen (secondary N) is 1. The molecule has 0 saturated heterocycles. The largest absolute Gasteiger partial charge is 0.466 e. The molecule has 0 spiro atoms. The molecule has 33 heavy (non-hydrogen) atoms. The molecule has 4 nitrogen and oxygen atoms in total. The van der Waals surface area contributed by atoms with E-state index < -0.39 is 0 Å². The van der Waals surface area contributed by atoms with Crippen molar-refractivity contribution < 1.29 is 9.53 Å². The number of pyridine rings is 1. The highest BCUT2D eigenvalue weighted by atomic mass is 35.5. The highest BCUT2D eigenvalue weighted by Crippen LogP contribution is 2.20. The zero-order valence-corrected chi connectivity index (χ0v) is 19.4. The van der Waals surface area contributed by atoms with E-state index in [0.717, 1.165) is 46.3 Å². The number of esters is 1. The topological polar surface area (TPSA) is 51.2 Å². The average Bonchev–Trinajstić information content (AvgIpc) is 2.82. The van der Waals surface area contributed by atoms with Gasteiger partial charge >= 0.3 is 5.97 Å². The van der Waals surface area contributed by atoms with E-state index >= 15 is 0 Å². The summed E-state index contributed by atoms with van der Waals surface area (Å²) in [6.45, 7) is 2.87. The first kappa shape index (κ1) is 22.8. The summed E-state index contributed by atoms with van der Waals surface area (Å²) in [6.07, 6.45) is 2.04. The molecule has 168 valence electrons. The van der Waals surface area contributed by atoms with Crippen LogP contribution in [-0.2, 0) is 35.3 Å². The molecule has 0 bridgehead atoms. The fraction of sp³-hybridized carbons (Fsp3) is 0.214. The Morgan fingerprint density at radius 3 is 2.61 bits per heavy atom. The number of rotatable bonds is 9. The van der Waals surface area contributed by atoms with Crippen molar-refractivity contribution in [3.8, 4) is 0 Å². The maximum Gasteiger partial charge on any atom is 0.310 e. The van der Waals surface area contributed by atoms with Gasteiger partial charge < -0.3 is 10.1 Å². The minimum atomic E-state index is -0.198. The molecule has 4 rings (SSSR count). The van der Waals surface area contributed by atoms with Gasteiger partial charge in [-0.15, -0.1) is 0 Å². The second-order valence-corrected chi connectivity index (χ2v) is 8.38. The molecule has 0 radical (unpaired) electrons. The first-order chi connectivity index (χ1) is 16.1. The summed E-state index contributed by atoms with van der Waals surface area (Å²) in [5.74, 6) is -0.198. The van der Waals surface area contributed by atoms with Gasteiger partial charge in [-0.1, -0.05) is 60.1 Å². The van der Waals surface area contributed by atoms with E-state index in [1.807, 2.05) is 49.4 Å². The van der Waals surface area contributed by atoms with Gasteiger partial charge in [0.2, 0.25) is 0 Å². The molecule has 0 aliphatic carbocycles. The van der Waals surface area contributed by atoms with Gasteiger partial charge in [0.25, 0.3) is 0 Å². The number of aryl methyl sites for hydroxylation is 2. The molecule has 0 amide bonds. The Morgan fingerprint density at radius 1 is 0.939 bits per heavy atom. The molecule has 1 N–H and O–H groups in total. The number of aromatic nitrogens is 1. The molecule has 1 heterocycles. The van der Waals surface area contributed by atoms with Crippen LogP contribution in [0.3, 0.4) is 0 Å². The van der Waals surface area contributed by atoms with Crippen LogP contribution in [0, 0.1) is 0 Å². The van der Waals surface area contributed by atoms with Crippen LogP contribution in [0.2, 0.25) is 5.02 Å². The summed E-state index contributed by atoms with van der Waals surface area (Å²) in [7, 11) is 0. The number of carbonyl (C=O) groups is 1. The number of halogens is 1. The number of hydrogen-bond donors (Lipinski definition) is 1. The highest BCUT2D eigenvalue weighted by molar-refractivity contribution is 6.31. The van der Waals surface area contributed by atoms with Gasteiger partial charge in [0.15, 0.2) is 0 Å². The molecular weight excluding hydrogens is 432 g/mol. The second kappa shape index (κ2) is 11.0. The zero-order chi connectivity index (χ0) is 23.0. The molecule has 5 heteroatoms. The van der Waals surface area contributed by atoms with Crippen molar-refractivity contribution in [2.24, 2.45) is 0 Å². The monoisotopic (exact) mass is 458 g/mol. The predicted molar refractivity (Wildman–Crippen MR) is 135 cm³/mol. The number of hydrogen-bond acceptors (Lipinski definition) is 4. The van der Waals surface area contributed by atoms with Crippen molar-refractivity contribution in [3.63, 3.8) is 0 Å². The van der Waals surface area contributed by atoms with Crippen LogP contribution in [-0.4, -0.2) is 17.6 Å². The summed E-state index contributed by atoms with van der Waals surface area (Å²) < 4.78 is 5.10. The molecule has 0 saturated carbocycles. The number of benzene rings is 3. The average molecular weight is 459 g/mol. The number of carbonyl (C=O) groups excluding carboxylic acids is 1. The van der Waals surface area contributed by atoms with Crippen molar-refractivity contribution in [3.05, 3.63) is 106 Å². The lowest BCUT2D eigenvalue weighted by Crippen LogP contribution is -2.11. The molecule has 3 aromatic carbocycles. The second-order valence-electron chi connectivity index (χ2n) is 7.94. The fourth-order valence-corrected chi connectivity index (χ4v) is 4.01. The van der Waals surface area contributed by atoms with Crippen molar-refractivity contribution in [1.82, 2.24) is 4.98 Å². The lowest BCUT2D eigenvalue weighted by Gasteiger charge is -2.12. The Kier molecular flexibility index (Phi) is 7.59. The summed E-state index contributed by atoms with van der Waals surface area (Å²) >= 11 is 6.11. The van der Waals surface area contributed by atoms with E-state index in [1.54, 1.807) is 0 Å². The SMILES string of the molecule is CCOC(=O)Cc1ccccc1CNc1cccc(CCc2ccc3ccc(Cl)cc3n2)c1. The minimum Gasteiger partial charge on any atom is -0.466 e. The van der Waals surface area contributed by atoms with Crippen LogP contribution in [0.15, 0.2) is 78.9 Å². The van der Waals surface area contributed by atoms with Crippen LogP contribution in [0.1, 0.15) is 29.3 Å². The first-order valence-corrected chi connectivity index (χ1v) is 11.6. The van der Waals surface area contributed by atoms with Gasteiger partial charge in [-0.3, -0.25) is 9.78 Å². The van der Waals surface area contributed by atoms with E-state index in [0.29, 0.717) is 18.2 Å². The predicted octanol–water partition coefficient (Wildman–Crippen LogP) is 6.39. The summed E-state index contributed by atoms with van der Waals surface area (Å²) in [6, 6.07) is 26.4.